The van der Waals surface area contributed by atoms with E-state index in [0.717, 1.165) is 0 Å². The highest BCUT2D eigenvalue weighted by Gasteiger charge is 2.30. The summed E-state index contributed by atoms with van der Waals surface area (Å²) in [4.78, 5) is 12.1. The number of hydrogen-bond acceptors (Lipinski definition) is 4. The molecule has 1 amide bonds. The van der Waals surface area contributed by atoms with E-state index in [1.54, 1.807) is 6.92 Å². The Hall–Kier alpha value is -0.960. The van der Waals surface area contributed by atoms with E-state index in [1.165, 1.54) is 18.2 Å². The highest BCUT2D eigenvalue weighted by molar-refractivity contribution is 9.10. The van der Waals surface area contributed by atoms with Crippen molar-refractivity contribution < 1.29 is 13.2 Å². The molecule has 6 nitrogen and oxygen atoms in total. The van der Waals surface area contributed by atoms with Crippen LogP contribution >= 0.6 is 15.9 Å². The van der Waals surface area contributed by atoms with Gasteiger partial charge in [-0.3, -0.25) is 4.79 Å². The van der Waals surface area contributed by atoms with Crippen LogP contribution in [0.25, 0.3) is 0 Å². The summed E-state index contributed by atoms with van der Waals surface area (Å²) in [6.07, 6.45) is 0.599. The third kappa shape index (κ3) is 3.78. The molecule has 20 heavy (non-hydrogen) atoms. The van der Waals surface area contributed by atoms with Gasteiger partial charge < -0.3 is 11.1 Å². The molecule has 0 fully saturated rings. The molecule has 1 atom stereocenters. The molecule has 0 aliphatic carbocycles. The first-order valence-electron chi connectivity index (χ1n) is 5.98. The Labute approximate surface area is 127 Å². The van der Waals surface area contributed by atoms with Gasteiger partial charge in [0, 0.05) is 11.0 Å². The minimum atomic E-state index is -3.77. The number of sulfonamides is 1. The van der Waals surface area contributed by atoms with E-state index < -0.39 is 15.4 Å². The molecule has 0 radical (unpaired) electrons. The van der Waals surface area contributed by atoms with Gasteiger partial charge in [-0.25, -0.2) is 13.6 Å². The second-order valence-corrected chi connectivity index (χ2v) is 7.17. The zero-order valence-electron chi connectivity index (χ0n) is 11.3. The van der Waals surface area contributed by atoms with E-state index in [4.69, 9.17) is 10.9 Å². The molecule has 0 saturated carbocycles. The molecule has 0 heterocycles. The van der Waals surface area contributed by atoms with Gasteiger partial charge >= 0.3 is 0 Å². The number of carbonyl (C=O) groups is 1. The first-order chi connectivity index (χ1) is 9.14. The Morgan fingerprint density at radius 1 is 1.45 bits per heavy atom. The van der Waals surface area contributed by atoms with Crippen LogP contribution in [0.15, 0.2) is 27.6 Å². The molecule has 8 heteroatoms. The minimum absolute atomic E-state index is 0.0283. The number of anilines is 1. The zero-order valence-corrected chi connectivity index (χ0v) is 13.7. The van der Waals surface area contributed by atoms with Crippen molar-refractivity contribution in [2.45, 2.75) is 25.2 Å². The van der Waals surface area contributed by atoms with Crippen LogP contribution in [-0.4, -0.2) is 20.9 Å². The third-order valence-electron chi connectivity index (χ3n) is 3.30. The summed E-state index contributed by atoms with van der Waals surface area (Å²) in [6.45, 7) is 3.88. The number of primary sulfonamides is 1. The summed E-state index contributed by atoms with van der Waals surface area (Å²) >= 11 is 3.21. The minimum Gasteiger partial charge on any atom is -0.329 e. The smallest absolute Gasteiger partial charge is 0.238 e. The lowest BCUT2D eigenvalue weighted by molar-refractivity contribution is -0.124. The van der Waals surface area contributed by atoms with Crippen LogP contribution in [0.3, 0.4) is 0 Å². The lowest BCUT2D eigenvalue weighted by atomic mass is 9.86. The van der Waals surface area contributed by atoms with Gasteiger partial charge in [-0.05, 0) is 47.5 Å². The third-order valence-corrected chi connectivity index (χ3v) is 4.86. The maximum Gasteiger partial charge on any atom is 0.238 e. The molecule has 1 unspecified atom stereocenters. The Bertz CT molecular complexity index is 612. The standard InChI is InChI=1S/C12H18BrN3O3S/c1-3-12(2,7-14)11(17)16-10-5-4-8(6-9(10)13)20(15,18)19/h4-6H,3,7,14H2,1-2H3,(H,16,17)(H2,15,18,19). The fourth-order valence-corrected chi connectivity index (χ4v) is 2.61. The van der Waals surface area contributed by atoms with Crippen LogP contribution in [0.1, 0.15) is 20.3 Å². The van der Waals surface area contributed by atoms with E-state index in [2.05, 4.69) is 21.2 Å². The number of nitrogens with one attached hydrogen (secondary N) is 1. The molecule has 1 aromatic rings. The predicted molar refractivity (Wildman–Crippen MR) is 81.6 cm³/mol. The van der Waals surface area contributed by atoms with E-state index in [-0.39, 0.29) is 17.3 Å². The largest absolute Gasteiger partial charge is 0.329 e. The second-order valence-electron chi connectivity index (χ2n) is 4.76. The van der Waals surface area contributed by atoms with Crippen LogP contribution < -0.4 is 16.2 Å². The van der Waals surface area contributed by atoms with Gasteiger partial charge in [0.25, 0.3) is 0 Å². The zero-order chi connectivity index (χ0) is 15.6. The topological polar surface area (TPSA) is 115 Å². The molecular weight excluding hydrogens is 346 g/mol. The van der Waals surface area contributed by atoms with Crippen molar-refractivity contribution in [3.05, 3.63) is 22.7 Å². The van der Waals surface area contributed by atoms with Crippen LogP contribution in [0, 0.1) is 5.41 Å². The summed E-state index contributed by atoms with van der Waals surface area (Å²) in [6, 6.07) is 4.16. The first-order valence-corrected chi connectivity index (χ1v) is 8.32. The Kier molecular flexibility index (Phi) is 5.31. The molecule has 0 aromatic heterocycles. The quantitative estimate of drug-likeness (QED) is 0.733. The molecule has 5 N–H and O–H groups in total. The fraction of sp³-hybridized carbons (Fsp3) is 0.417. The number of amides is 1. The fourth-order valence-electron chi connectivity index (χ4n) is 1.44. The lowest BCUT2D eigenvalue weighted by Crippen LogP contribution is -2.39. The van der Waals surface area contributed by atoms with Gasteiger partial charge in [0.1, 0.15) is 0 Å². The number of hydrogen-bond donors (Lipinski definition) is 3. The van der Waals surface area contributed by atoms with Crippen molar-refractivity contribution in [1.82, 2.24) is 0 Å². The summed E-state index contributed by atoms with van der Waals surface area (Å²) in [5.41, 5.74) is 5.42. The van der Waals surface area contributed by atoms with Crippen molar-refractivity contribution in [2.24, 2.45) is 16.3 Å². The second kappa shape index (κ2) is 6.21. The van der Waals surface area contributed by atoms with Gasteiger partial charge in [0.05, 0.1) is 16.0 Å². The maximum absolute atomic E-state index is 12.2. The number of benzene rings is 1. The predicted octanol–water partition coefficient (Wildman–Crippen LogP) is 1.41. The van der Waals surface area contributed by atoms with Crippen LogP contribution in [0.4, 0.5) is 5.69 Å². The van der Waals surface area contributed by atoms with Crippen molar-refractivity contribution in [2.75, 3.05) is 11.9 Å². The van der Waals surface area contributed by atoms with E-state index in [0.29, 0.717) is 16.6 Å². The van der Waals surface area contributed by atoms with Crippen LogP contribution in [0.2, 0.25) is 0 Å². The van der Waals surface area contributed by atoms with Gasteiger partial charge in [-0.1, -0.05) is 6.92 Å². The molecule has 0 saturated heterocycles. The molecule has 0 aliphatic rings. The molecule has 1 rings (SSSR count). The molecule has 112 valence electrons. The summed E-state index contributed by atoms with van der Waals surface area (Å²) in [5, 5.41) is 7.77. The van der Waals surface area contributed by atoms with Gasteiger partial charge in [0.15, 0.2) is 0 Å². The van der Waals surface area contributed by atoms with E-state index in [1.807, 2.05) is 6.92 Å². The first kappa shape index (κ1) is 17.1. The summed E-state index contributed by atoms with van der Waals surface area (Å²) in [5.74, 6) is -0.216. The average Bonchev–Trinajstić information content (AvgIpc) is 2.38. The average molecular weight is 364 g/mol. The highest BCUT2D eigenvalue weighted by atomic mass is 79.9. The van der Waals surface area contributed by atoms with Crippen molar-refractivity contribution in [3.63, 3.8) is 0 Å². The van der Waals surface area contributed by atoms with Gasteiger partial charge in [-0.2, -0.15) is 0 Å². The molecule has 1 aromatic carbocycles. The Balaban J connectivity index is 3.04. The Morgan fingerprint density at radius 2 is 2.05 bits per heavy atom. The Morgan fingerprint density at radius 3 is 2.45 bits per heavy atom. The lowest BCUT2D eigenvalue weighted by Gasteiger charge is -2.25. The normalized spacial score (nSPS) is 14.7. The number of carbonyl (C=O) groups excluding carboxylic acids is 1. The SMILES string of the molecule is CCC(C)(CN)C(=O)Nc1ccc(S(N)(=O)=O)cc1Br. The van der Waals surface area contributed by atoms with Gasteiger partial charge in [-0.15, -0.1) is 0 Å². The number of rotatable bonds is 5. The number of nitrogens with two attached hydrogens (primary N) is 2. The molecule has 0 aliphatic heterocycles. The van der Waals surface area contributed by atoms with Gasteiger partial charge in [0.2, 0.25) is 15.9 Å². The van der Waals surface area contributed by atoms with Crippen molar-refractivity contribution >= 4 is 37.5 Å². The molecule has 0 spiro atoms. The van der Waals surface area contributed by atoms with Crippen LogP contribution in [0.5, 0.6) is 0 Å². The summed E-state index contributed by atoms with van der Waals surface area (Å²) < 4.78 is 22.9. The van der Waals surface area contributed by atoms with E-state index in [9.17, 15) is 13.2 Å². The monoisotopic (exact) mass is 363 g/mol. The van der Waals surface area contributed by atoms with Crippen molar-refractivity contribution in [3.8, 4) is 0 Å². The summed E-state index contributed by atoms with van der Waals surface area (Å²) in [7, 11) is -3.77. The number of halogens is 1. The highest BCUT2D eigenvalue weighted by Crippen LogP contribution is 2.28. The van der Waals surface area contributed by atoms with Crippen LogP contribution in [-0.2, 0) is 14.8 Å². The van der Waals surface area contributed by atoms with Crippen molar-refractivity contribution in [1.29, 1.82) is 0 Å². The molecular formula is C12H18BrN3O3S. The van der Waals surface area contributed by atoms with E-state index >= 15 is 0 Å². The maximum atomic E-state index is 12.2. The molecule has 0 bridgehead atoms.